The van der Waals surface area contributed by atoms with Gasteiger partial charge in [0.25, 0.3) is 0 Å². The Bertz CT molecular complexity index is 273. The number of aliphatic hydroxyl groups excluding tert-OH is 1. The molecule has 0 unspecified atom stereocenters. The van der Waals surface area contributed by atoms with Gasteiger partial charge in [0.1, 0.15) is 17.5 Å². The highest BCUT2D eigenvalue weighted by Gasteiger charge is 2.15. The van der Waals surface area contributed by atoms with Crippen LogP contribution < -0.4 is 0 Å². The molecule has 1 aromatic rings. The first kappa shape index (κ1) is 9.06. The molecule has 0 saturated heterocycles. The van der Waals surface area contributed by atoms with Crippen molar-refractivity contribution in [1.29, 1.82) is 0 Å². The fourth-order valence-corrected chi connectivity index (χ4v) is 0.952. The van der Waals surface area contributed by atoms with Crippen LogP contribution in [0.5, 0.6) is 0 Å². The van der Waals surface area contributed by atoms with Gasteiger partial charge < -0.3 is 5.11 Å². The van der Waals surface area contributed by atoms with E-state index in [0.29, 0.717) is 12.1 Å². The van der Waals surface area contributed by atoms with Crippen molar-refractivity contribution < 1.29 is 18.3 Å². The second-order valence-corrected chi connectivity index (χ2v) is 2.46. The van der Waals surface area contributed by atoms with Gasteiger partial charge in [-0.25, -0.2) is 13.2 Å². The van der Waals surface area contributed by atoms with Crippen molar-refractivity contribution in [3.05, 3.63) is 35.1 Å². The summed E-state index contributed by atoms with van der Waals surface area (Å²) in [4.78, 5) is 0. The van der Waals surface area contributed by atoms with Crippen molar-refractivity contribution in [2.24, 2.45) is 0 Å². The summed E-state index contributed by atoms with van der Waals surface area (Å²) in [6.07, 6.45) is -1.27. The van der Waals surface area contributed by atoms with Crippen LogP contribution in [0.15, 0.2) is 12.1 Å². The molecule has 1 aromatic carbocycles. The maximum Gasteiger partial charge on any atom is 0.134 e. The van der Waals surface area contributed by atoms with Gasteiger partial charge in [0.05, 0.1) is 11.7 Å². The molecule has 1 nitrogen and oxygen atoms in total. The summed E-state index contributed by atoms with van der Waals surface area (Å²) in [5, 5.41) is 8.87. The predicted molar refractivity (Wildman–Crippen MR) is 36.9 cm³/mol. The van der Waals surface area contributed by atoms with Crippen molar-refractivity contribution in [1.82, 2.24) is 0 Å². The zero-order chi connectivity index (χ0) is 9.30. The van der Waals surface area contributed by atoms with Crippen LogP contribution in [-0.4, -0.2) is 5.11 Å². The van der Waals surface area contributed by atoms with Crippen LogP contribution >= 0.6 is 0 Å². The summed E-state index contributed by atoms with van der Waals surface area (Å²) in [5.41, 5.74) is -0.503. The van der Waals surface area contributed by atoms with Crippen LogP contribution in [0.4, 0.5) is 13.2 Å². The molecular formula is C8H7F3O. The molecule has 0 amide bonds. The fraction of sp³-hybridized carbons (Fsp3) is 0.250. The molecule has 0 bridgehead atoms. The van der Waals surface area contributed by atoms with Crippen LogP contribution in [-0.2, 0) is 0 Å². The van der Waals surface area contributed by atoms with Gasteiger partial charge in [-0.15, -0.1) is 0 Å². The molecular weight excluding hydrogens is 169 g/mol. The van der Waals surface area contributed by atoms with E-state index >= 15 is 0 Å². The lowest BCUT2D eigenvalue weighted by atomic mass is 10.1. The minimum atomic E-state index is -1.27. The molecule has 0 aliphatic rings. The van der Waals surface area contributed by atoms with E-state index < -0.39 is 29.1 Å². The molecule has 1 N–H and O–H groups in total. The Hall–Kier alpha value is -1.03. The largest absolute Gasteiger partial charge is 0.388 e. The van der Waals surface area contributed by atoms with Gasteiger partial charge in [-0.05, 0) is 6.92 Å². The van der Waals surface area contributed by atoms with E-state index in [4.69, 9.17) is 5.11 Å². The molecule has 0 aliphatic carbocycles. The van der Waals surface area contributed by atoms with E-state index in [1.807, 2.05) is 0 Å². The molecule has 0 saturated carbocycles. The molecule has 0 radical (unpaired) electrons. The normalized spacial score (nSPS) is 13.1. The van der Waals surface area contributed by atoms with Gasteiger partial charge in [-0.2, -0.15) is 0 Å². The molecule has 0 aromatic heterocycles. The summed E-state index contributed by atoms with van der Waals surface area (Å²) in [6, 6.07) is 1.07. The van der Waals surface area contributed by atoms with E-state index in [-0.39, 0.29) is 0 Å². The summed E-state index contributed by atoms with van der Waals surface area (Å²) >= 11 is 0. The Morgan fingerprint density at radius 3 is 1.92 bits per heavy atom. The van der Waals surface area contributed by atoms with Crippen molar-refractivity contribution in [3.63, 3.8) is 0 Å². The molecule has 0 fully saturated rings. The van der Waals surface area contributed by atoms with Gasteiger partial charge in [0.2, 0.25) is 0 Å². The number of benzene rings is 1. The Morgan fingerprint density at radius 2 is 1.58 bits per heavy atom. The van der Waals surface area contributed by atoms with E-state index in [2.05, 4.69) is 0 Å². The van der Waals surface area contributed by atoms with Gasteiger partial charge in [0.15, 0.2) is 0 Å². The fourth-order valence-electron chi connectivity index (χ4n) is 0.952. The molecule has 66 valence electrons. The van der Waals surface area contributed by atoms with E-state index in [0.717, 1.165) is 0 Å². The molecule has 1 atom stereocenters. The van der Waals surface area contributed by atoms with Gasteiger partial charge in [0, 0.05) is 12.1 Å². The first-order chi connectivity index (χ1) is 5.52. The molecule has 0 heterocycles. The van der Waals surface area contributed by atoms with Crippen LogP contribution in [0.25, 0.3) is 0 Å². The minimum Gasteiger partial charge on any atom is -0.388 e. The van der Waals surface area contributed by atoms with Crippen LogP contribution in [0.2, 0.25) is 0 Å². The van der Waals surface area contributed by atoms with E-state index in [1.54, 1.807) is 0 Å². The third-order valence-electron chi connectivity index (χ3n) is 1.46. The Balaban J connectivity index is 3.28. The lowest BCUT2D eigenvalue weighted by Crippen LogP contribution is -2.01. The molecule has 0 spiro atoms. The third-order valence-corrected chi connectivity index (χ3v) is 1.46. The third kappa shape index (κ3) is 1.58. The number of halogens is 3. The summed E-state index contributed by atoms with van der Waals surface area (Å²) < 4.78 is 37.8. The first-order valence-corrected chi connectivity index (χ1v) is 3.35. The number of hydrogen-bond acceptors (Lipinski definition) is 1. The average Bonchev–Trinajstić information content (AvgIpc) is 1.82. The lowest BCUT2D eigenvalue weighted by molar-refractivity contribution is 0.188. The van der Waals surface area contributed by atoms with Crippen molar-refractivity contribution in [2.45, 2.75) is 13.0 Å². The Kier molecular flexibility index (Phi) is 2.38. The number of aliphatic hydroxyl groups is 1. The van der Waals surface area contributed by atoms with E-state index in [9.17, 15) is 13.2 Å². The second-order valence-electron chi connectivity index (χ2n) is 2.46. The SMILES string of the molecule is C[C@H](O)c1c(F)cc(F)cc1F. The zero-order valence-corrected chi connectivity index (χ0v) is 6.31. The Labute approximate surface area is 67.5 Å². The van der Waals surface area contributed by atoms with Crippen LogP contribution in [0, 0.1) is 17.5 Å². The highest BCUT2D eigenvalue weighted by atomic mass is 19.1. The van der Waals surface area contributed by atoms with Crippen LogP contribution in [0.1, 0.15) is 18.6 Å². The van der Waals surface area contributed by atoms with Crippen molar-refractivity contribution >= 4 is 0 Å². The number of hydrogen-bond donors (Lipinski definition) is 1. The summed E-state index contributed by atoms with van der Waals surface area (Å²) in [5.74, 6) is -3.13. The molecule has 0 aliphatic heterocycles. The highest BCUT2D eigenvalue weighted by Crippen LogP contribution is 2.21. The second kappa shape index (κ2) is 3.15. The molecule has 4 heteroatoms. The topological polar surface area (TPSA) is 20.2 Å². The van der Waals surface area contributed by atoms with Gasteiger partial charge in [-0.1, -0.05) is 0 Å². The maximum atomic E-state index is 12.7. The van der Waals surface area contributed by atoms with Crippen molar-refractivity contribution in [3.8, 4) is 0 Å². The van der Waals surface area contributed by atoms with Gasteiger partial charge in [-0.3, -0.25) is 0 Å². The predicted octanol–water partition coefficient (Wildman–Crippen LogP) is 2.16. The minimum absolute atomic E-state index is 0.503. The standard InChI is InChI=1S/C8H7F3O/c1-4(12)8-6(10)2-5(9)3-7(8)11/h2-4,12H,1H3/t4-/m0/s1. The quantitative estimate of drug-likeness (QED) is 0.695. The average molecular weight is 176 g/mol. The van der Waals surface area contributed by atoms with Crippen molar-refractivity contribution in [2.75, 3.05) is 0 Å². The monoisotopic (exact) mass is 176 g/mol. The first-order valence-electron chi connectivity index (χ1n) is 3.35. The van der Waals surface area contributed by atoms with Crippen LogP contribution in [0.3, 0.4) is 0 Å². The summed E-state index contributed by atoms with van der Waals surface area (Å²) in [6.45, 7) is 1.21. The Morgan fingerprint density at radius 1 is 1.17 bits per heavy atom. The summed E-state index contributed by atoms with van der Waals surface area (Å²) in [7, 11) is 0. The highest BCUT2D eigenvalue weighted by molar-refractivity contribution is 5.22. The maximum absolute atomic E-state index is 12.7. The molecule has 1 rings (SSSR count). The smallest absolute Gasteiger partial charge is 0.134 e. The molecule has 12 heavy (non-hydrogen) atoms. The van der Waals surface area contributed by atoms with Gasteiger partial charge >= 0.3 is 0 Å². The van der Waals surface area contributed by atoms with E-state index in [1.165, 1.54) is 6.92 Å². The number of rotatable bonds is 1. The lowest BCUT2D eigenvalue weighted by Gasteiger charge is -2.06. The zero-order valence-electron chi connectivity index (χ0n) is 6.31.